The van der Waals surface area contributed by atoms with E-state index in [4.69, 9.17) is 9.47 Å². The molecule has 0 bridgehead atoms. The Hall–Kier alpha value is -4.39. The van der Waals surface area contributed by atoms with Gasteiger partial charge in [-0.25, -0.2) is 0 Å². The van der Waals surface area contributed by atoms with E-state index in [9.17, 15) is 14.9 Å². The minimum Gasteiger partial charge on any atom is -0.496 e. The molecule has 9 heteroatoms. The van der Waals surface area contributed by atoms with Crippen LogP contribution >= 0.6 is 0 Å². The zero-order valence-corrected chi connectivity index (χ0v) is 31.0. The van der Waals surface area contributed by atoms with E-state index in [1.165, 1.54) is 29.5 Å². The van der Waals surface area contributed by atoms with E-state index in [0.29, 0.717) is 13.1 Å². The molecule has 2 aromatic carbocycles. The molecule has 0 atom stereocenters. The van der Waals surface area contributed by atoms with Crippen molar-refractivity contribution >= 4 is 5.91 Å². The van der Waals surface area contributed by atoms with E-state index in [0.717, 1.165) is 78.5 Å². The first-order valence-electron chi connectivity index (χ1n) is 17.7. The molecule has 3 aromatic rings. The third-order valence-electron chi connectivity index (χ3n) is 10.8. The maximum atomic E-state index is 13.3. The summed E-state index contributed by atoms with van der Waals surface area (Å²) in [6, 6.07) is 13.1. The molecule has 6 rings (SSSR count). The summed E-state index contributed by atoms with van der Waals surface area (Å²) in [7, 11) is 5.20. The highest BCUT2D eigenvalue weighted by Crippen LogP contribution is 2.46. The fraction of sp³-hybridized carbons (Fsp3) is 0.488. The number of amides is 1. The van der Waals surface area contributed by atoms with Crippen molar-refractivity contribution in [3.8, 4) is 28.7 Å². The predicted octanol–water partition coefficient (Wildman–Crippen LogP) is 5.92. The lowest BCUT2D eigenvalue weighted by Crippen LogP contribution is -2.54. The van der Waals surface area contributed by atoms with Crippen LogP contribution in [-0.2, 0) is 37.9 Å². The normalized spacial score (nSPS) is 17.7. The number of carbonyl (C=O) groups is 1. The van der Waals surface area contributed by atoms with Gasteiger partial charge in [-0.1, -0.05) is 45.0 Å². The van der Waals surface area contributed by atoms with E-state index in [1.807, 2.05) is 45.7 Å². The number of aromatic nitrogens is 1. The molecule has 9 nitrogen and oxygen atoms in total. The summed E-state index contributed by atoms with van der Waals surface area (Å²) in [6.07, 6.45) is 6.83. The maximum Gasteiger partial charge on any atom is 0.264 e. The lowest BCUT2D eigenvalue weighted by molar-refractivity contribution is -0.127. The highest BCUT2D eigenvalue weighted by molar-refractivity contribution is 5.97. The Morgan fingerprint density at radius 2 is 1.68 bits per heavy atom. The van der Waals surface area contributed by atoms with Crippen LogP contribution in [0.4, 0.5) is 0 Å². The average Bonchev–Trinajstić information content (AvgIpc) is 3.87. The zero-order valence-electron chi connectivity index (χ0n) is 31.0. The van der Waals surface area contributed by atoms with Crippen LogP contribution in [0, 0.1) is 30.6 Å². The van der Waals surface area contributed by atoms with Crippen molar-refractivity contribution in [3.63, 3.8) is 0 Å². The Kier molecular flexibility index (Phi) is 9.73. The number of rotatable bonds is 8. The van der Waals surface area contributed by atoms with Gasteiger partial charge in [0, 0.05) is 75.7 Å². The SMILES string of the molecule is COc1cc(-c2cn(C)c(=O)c(C)c2C)cc(OC)c1CN1CCN(Cc2ccc3c(c2)CN(C(=O)/C(C#N)=C/C(C)(C)C)CC3)C2(CC2)C1. The maximum absolute atomic E-state index is 13.3. The van der Waals surface area contributed by atoms with Crippen molar-refractivity contribution in [1.29, 1.82) is 5.26 Å². The van der Waals surface area contributed by atoms with Gasteiger partial charge in [0.15, 0.2) is 0 Å². The monoisotopic (exact) mass is 677 g/mol. The van der Waals surface area contributed by atoms with Crippen molar-refractivity contribution < 1.29 is 14.3 Å². The number of hydrogen-bond donors (Lipinski definition) is 0. The van der Waals surface area contributed by atoms with E-state index in [-0.39, 0.29) is 28.0 Å². The van der Waals surface area contributed by atoms with Crippen molar-refractivity contribution in [1.82, 2.24) is 19.3 Å². The second-order valence-corrected chi connectivity index (χ2v) is 15.5. The molecule has 264 valence electrons. The molecule has 50 heavy (non-hydrogen) atoms. The number of nitrogens with zero attached hydrogens (tertiary/aromatic N) is 5. The molecule has 2 aliphatic heterocycles. The number of allylic oxidation sites excluding steroid dienone is 1. The highest BCUT2D eigenvalue weighted by atomic mass is 16.5. The third-order valence-corrected chi connectivity index (χ3v) is 10.8. The number of carbonyl (C=O) groups excluding carboxylic acids is 1. The van der Waals surface area contributed by atoms with Gasteiger partial charge in [0.1, 0.15) is 23.1 Å². The number of methoxy groups -OCH3 is 2. The third kappa shape index (κ3) is 7.10. The van der Waals surface area contributed by atoms with Gasteiger partial charge in [0.25, 0.3) is 11.5 Å². The van der Waals surface area contributed by atoms with Crippen LogP contribution in [0.1, 0.15) is 67.0 Å². The molecule has 3 aliphatic rings. The highest BCUT2D eigenvalue weighted by Gasteiger charge is 2.51. The molecule has 0 unspecified atom stereocenters. The van der Waals surface area contributed by atoms with Gasteiger partial charge < -0.3 is 18.9 Å². The van der Waals surface area contributed by atoms with Crippen LogP contribution in [0.2, 0.25) is 0 Å². The first-order valence-corrected chi connectivity index (χ1v) is 17.7. The van der Waals surface area contributed by atoms with Crippen molar-refractivity contribution in [2.75, 3.05) is 40.4 Å². The number of piperazine rings is 1. The standard InChI is InChI=1S/C41H51N5O4/c1-27-28(2)38(47)43(6)24-34(27)31-18-36(49-7)35(37(19-31)50-8)25-44-15-16-46(41(26-44)12-13-41)22-29-9-10-30-11-14-45(23-32(30)17-29)39(48)33(21-42)20-40(3,4)5/h9-10,17-20,24H,11-16,22-23,25-26H2,1-8H3/b33-20+. The number of nitriles is 1. The zero-order chi connectivity index (χ0) is 36.0. The number of pyridine rings is 1. The predicted molar refractivity (Wildman–Crippen MR) is 196 cm³/mol. The molecule has 1 amide bonds. The van der Waals surface area contributed by atoms with Crippen molar-refractivity contribution in [2.45, 2.75) is 79.1 Å². The Bertz CT molecular complexity index is 1920. The summed E-state index contributed by atoms with van der Waals surface area (Å²) in [5.41, 5.74) is 8.59. The van der Waals surface area contributed by atoms with Crippen LogP contribution in [-0.4, -0.2) is 71.1 Å². The summed E-state index contributed by atoms with van der Waals surface area (Å²) in [6.45, 7) is 15.5. The number of hydrogen-bond acceptors (Lipinski definition) is 7. The molecule has 3 heterocycles. The Morgan fingerprint density at radius 3 is 2.30 bits per heavy atom. The second kappa shape index (κ2) is 13.7. The van der Waals surface area contributed by atoms with Crippen LogP contribution in [0.15, 0.2) is 53.0 Å². The van der Waals surface area contributed by atoms with Crippen LogP contribution in [0.25, 0.3) is 11.1 Å². The molecule has 0 radical (unpaired) electrons. The largest absolute Gasteiger partial charge is 0.496 e. The Balaban J connectivity index is 1.16. The summed E-state index contributed by atoms with van der Waals surface area (Å²) >= 11 is 0. The van der Waals surface area contributed by atoms with Crippen LogP contribution in [0.5, 0.6) is 11.5 Å². The van der Waals surface area contributed by atoms with E-state index in [2.05, 4.69) is 46.2 Å². The van der Waals surface area contributed by atoms with Crippen molar-refractivity contribution in [2.24, 2.45) is 12.5 Å². The minimum atomic E-state index is -0.239. The topological polar surface area (TPSA) is 91.0 Å². The molecule has 1 saturated heterocycles. The number of benzene rings is 2. The summed E-state index contributed by atoms with van der Waals surface area (Å²) in [4.78, 5) is 32.8. The molecule has 1 aliphatic carbocycles. The molecule has 0 N–H and O–H groups in total. The van der Waals surface area contributed by atoms with E-state index >= 15 is 0 Å². The molecule has 1 spiro atoms. The number of fused-ring (bicyclic) bond motifs is 1. The van der Waals surface area contributed by atoms with Crippen LogP contribution in [0.3, 0.4) is 0 Å². The number of ether oxygens (including phenoxy) is 2. The lowest BCUT2D eigenvalue weighted by atomic mass is 9.92. The van der Waals surface area contributed by atoms with Gasteiger partial charge in [-0.3, -0.25) is 19.4 Å². The lowest BCUT2D eigenvalue weighted by Gasteiger charge is -2.42. The fourth-order valence-corrected chi connectivity index (χ4v) is 7.73. The summed E-state index contributed by atoms with van der Waals surface area (Å²) in [5, 5.41) is 9.71. The summed E-state index contributed by atoms with van der Waals surface area (Å²) < 4.78 is 13.6. The van der Waals surface area contributed by atoms with Gasteiger partial charge in [0.05, 0.1) is 19.8 Å². The van der Waals surface area contributed by atoms with Gasteiger partial charge in [-0.15, -0.1) is 0 Å². The van der Waals surface area contributed by atoms with E-state index in [1.54, 1.807) is 31.9 Å². The molecule has 1 saturated carbocycles. The first-order chi connectivity index (χ1) is 23.8. The van der Waals surface area contributed by atoms with Gasteiger partial charge >= 0.3 is 0 Å². The Labute approximate surface area is 296 Å². The fourth-order valence-electron chi connectivity index (χ4n) is 7.73. The van der Waals surface area contributed by atoms with Crippen molar-refractivity contribution in [3.05, 3.63) is 91.9 Å². The number of aryl methyl sites for hydroxylation is 1. The smallest absolute Gasteiger partial charge is 0.264 e. The van der Waals surface area contributed by atoms with E-state index < -0.39 is 0 Å². The molecule has 2 fully saturated rings. The Morgan fingerprint density at radius 1 is 0.980 bits per heavy atom. The molecule has 1 aromatic heterocycles. The minimum absolute atomic E-state index is 0.0135. The second-order valence-electron chi connectivity index (χ2n) is 15.5. The molecular formula is C41H51N5O4. The average molecular weight is 678 g/mol. The molecular weight excluding hydrogens is 626 g/mol. The first kappa shape index (κ1) is 35.4. The van der Waals surface area contributed by atoms with Gasteiger partial charge in [-0.2, -0.15) is 5.26 Å². The van der Waals surface area contributed by atoms with Gasteiger partial charge in [-0.05, 0) is 78.5 Å². The summed E-state index contributed by atoms with van der Waals surface area (Å²) in [5.74, 6) is 1.40. The van der Waals surface area contributed by atoms with Crippen LogP contribution < -0.4 is 15.0 Å². The van der Waals surface area contributed by atoms with Gasteiger partial charge in [0.2, 0.25) is 0 Å². The quantitative estimate of drug-likeness (QED) is 0.216.